The van der Waals surface area contributed by atoms with Crippen LogP contribution in [-0.2, 0) is 16.4 Å². The minimum absolute atomic E-state index is 0.105. The van der Waals surface area contributed by atoms with Crippen molar-refractivity contribution in [3.05, 3.63) is 53.9 Å². The summed E-state index contributed by atoms with van der Waals surface area (Å²) >= 11 is 0. The second kappa shape index (κ2) is 9.25. The molecular formula is C24H28F3N5O2. The number of anilines is 2. The van der Waals surface area contributed by atoms with Gasteiger partial charge >= 0.3 is 12.2 Å². The van der Waals surface area contributed by atoms with Crippen LogP contribution in [0.15, 0.2) is 42.6 Å². The molecule has 0 unspecified atom stereocenters. The number of rotatable bonds is 6. The van der Waals surface area contributed by atoms with Crippen molar-refractivity contribution in [3.63, 3.8) is 0 Å². The van der Waals surface area contributed by atoms with Crippen LogP contribution in [0.5, 0.6) is 0 Å². The van der Waals surface area contributed by atoms with Gasteiger partial charge in [-0.1, -0.05) is 12.1 Å². The highest BCUT2D eigenvalue weighted by Gasteiger charge is 2.44. The summed E-state index contributed by atoms with van der Waals surface area (Å²) < 4.78 is 37.9. The van der Waals surface area contributed by atoms with Crippen molar-refractivity contribution >= 4 is 23.3 Å². The molecule has 4 rings (SSSR count). The molecule has 2 N–H and O–H groups in total. The first-order valence-corrected chi connectivity index (χ1v) is 11.2. The molecule has 3 amide bonds. The average Bonchev–Trinajstić information content (AvgIpc) is 3.55. The molecular weight excluding hydrogens is 447 g/mol. The molecule has 7 nitrogen and oxygen atoms in total. The summed E-state index contributed by atoms with van der Waals surface area (Å²) in [5, 5.41) is 5.07. The van der Waals surface area contributed by atoms with Gasteiger partial charge in [0.1, 0.15) is 11.7 Å². The first-order valence-electron chi connectivity index (χ1n) is 11.2. The van der Waals surface area contributed by atoms with E-state index >= 15 is 0 Å². The van der Waals surface area contributed by atoms with E-state index in [2.05, 4.69) is 46.7 Å². The Morgan fingerprint density at radius 1 is 1.18 bits per heavy atom. The van der Waals surface area contributed by atoms with Gasteiger partial charge in [0, 0.05) is 24.2 Å². The Bertz CT molecular complexity index is 1030. The van der Waals surface area contributed by atoms with E-state index < -0.39 is 23.9 Å². The molecule has 2 heterocycles. The van der Waals surface area contributed by atoms with Crippen molar-refractivity contribution in [2.75, 3.05) is 37.4 Å². The lowest BCUT2D eigenvalue weighted by Crippen LogP contribution is -2.53. The summed E-state index contributed by atoms with van der Waals surface area (Å²) in [4.78, 5) is 32.6. The third kappa shape index (κ3) is 5.32. The van der Waals surface area contributed by atoms with Gasteiger partial charge in [0.15, 0.2) is 0 Å². The molecule has 1 aliphatic carbocycles. The number of likely N-dealkylation sites (N-methyl/N-ethyl adjacent to an activating group) is 1. The molecule has 10 heteroatoms. The Balaban J connectivity index is 1.37. The number of halogens is 3. The number of nitrogens with zero attached hydrogens (tertiary/aromatic N) is 3. The molecule has 0 radical (unpaired) electrons. The van der Waals surface area contributed by atoms with Crippen LogP contribution in [0.2, 0.25) is 0 Å². The van der Waals surface area contributed by atoms with E-state index in [1.54, 1.807) is 4.90 Å². The molecule has 1 atom stereocenters. The van der Waals surface area contributed by atoms with Crippen LogP contribution in [0.1, 0.15) is 36.9 Å². The second-order valence-corrected chi connectivity index (χ2v) is 9.28. The molecule has 1 saturated heterocycles. The molecule has 34 heavy (non-hydrogen) atoms. The van der Waals surface area contributed by atoms with E-state index in [0.717, 1.165) is 43.4 Å². The maximum Gasteiger partial charge on any atom is 0.433 e. The first kappa shape index (κ1) is 24.0. The minimum Gasteiger partial charge on any atom is -0.326 e. The van der Waals surface area contributed by atoms with Gasteiger partial charge in [-0.3, -0.25) is 4.79 Å². The summed E-state index contributed by atoms with van der Waals surface area (Å²) in [6.07, 6.45) is -0.112. The van der Waals surface area contributed by atoms with E-state index in [4.69, 9.17) is 0 Å². The van der Waals surface area contributed by atoms with E-state index in [1.807, 2.05) is 12.1 Å². The van der Waals surface area contributed by atoms with Gasteiger partial charge in [-0.15, -0.1) is 0 Å². The van der Waals surface area contributed by atoms with Crippen molar-refractivity contribution < 1.29 is 22.8 Å². The summed E-state index contributed by atoms with van der Waals surface area (Å²) in [5.74, 6) is -0.214. The standard InChI is InChI=1S/C24H28F3N5O2/c1-31(2)15-23(11-12-23)16-5-8-18(9-6-16)32-13-3-4-19(21(32)33)30-22(34)29-17-7-10-20(28-14-17)24(25,26)27/h5-10,14,19H,3-4,11-13,15H2,1-2H3,(H2,29,30,34)/t19-/m1/s1. The number of benzene rings is 1. The Morgan fingerprint density at radius 3 is 2.44 bits per heavy atom. The van der Waals surface area contributed by atoms with Crippen molar-refractivity contribution in [1.82, 2.24) is 15.2 Å². The molecule has 2 aromatic rings. The zero-order valence-corrected chi connectivity index (χ0v) is 19.2. The van der Waals surface area contributed by atoms with Gasteiger partial charge in [0.2, 0.25) is 5.91 Å². The molecule has 1 aromatic carbocycles. The zero-order valence-electron chi connectivity index (χ0n) is 19.2. The number of urea groups is 1. The summed E-state index contributed by atoms with van der Waals surface area (Å²) in [5.41, 5.74) is 1.32. The Labute approximate surface area is 196 Å². The highest BCUT2D eigenvalue weighted by atomic mass is 19.4. The highest BCUT2D eigenvalue weighted by Crippen LogP contribution is 2.48. The third-order valence-corrected chi connectivity index (χ3v) is 6.32. The van der Waals surface area contributed by atoms with Crippen LogP contribution in [0.4, 0.5) is 29.3 Å². The Hall–Kier alpha value is -3.14. The van der Waals surface area contributed by atoms with Gasteiger partial charge < -0.3 is 20.4 Å². The van der Waals surface area contributed by atoms with E-state index in [0.29, 0.717) is 19.4 Å². The number of carbonyl (C=O) groups excluding carboxylic acids is 2. The number of hydrogen-bond acceptors (Lipinski definition) is 4. The molecule has 1 saturated carbocycles. The van der Waals surface area contributed by atoms with Crippen LogP contribution in [0.3, 0.4) is 0 Å². The van der Waals surface area contributed by atoms with Gasteiger partial charge in [-0.2, -0.15) is 13.2 Å². The maximum absolute atomic E-state index is 13.0. The highest BCUT2D eigenvalue weighted by molar-refractivity contribution is 6.01. The van der Waals surface area contributed by atoms with Crippen LogP contribution < -0.4 is 15.5 Å². The maximum atomic E-state index is 13.0. The number of piperidine rings is 1. The molecule has 0 spiro atoms. The fourth-order valence-corrected chi connectivity index (χ4v) is 4.52. The SMILES string of the molecule is CN(C)CC1(c2ccc(N3CCC[C@@H](NC(=O)Nc4ccc(C(F)(F)F)nc4)C3=O)cc2)CC1. The summed E-state index contributed by atoms with van der Waals surface area (Å²) in [7, 11) is 4.14. The normalized spacial score (nSPS) is 19.8. The largest absolute Gasteiger partial charge is 0.433 e. The van der Waals surface area contributed by atoms with Crippen molar-refractivity contribution in [1.29, 1.82) is 0 Å². The van der Waals surface area contributed by atoms with Crippen LogP contribution in [0.25, 0.3) is 0 Å². The fourth-order valence-electron chi connectivity index (χ4n) is 4.52. The summed E-state index contributed by atoms with van der Waals surface area (Å²) in [6, 6.07) is 8.60. The second-order valence-electron chi connectivity index (χ2n) is 9.28. The van der Waals surface area contributed by atoms with E-state index in [-0.39, 0.29) is 17.0 Å². The lowest BCUT2D eigenvalue weighted by Gasteiger charge is -2.33. The predicted octanol–water partition coefficient (Wildman–Crippen LogP) is 4.01. The molecule has 2 fully saturated rings. The molecule has 1 aromatic heterocycles. The Morgan fingerprint density at radius 2 is 1.88 bits per heavy atom. The average molecular weight is 476 g/mol. The first-order chi connectivity index (χ1) is 16.1. The monoisotopic (exact) mass is 475 g/mol. The fraction of sp³-hybridized carbons (Fsp3) is 0.458. The number of pyridine rings is 1. The zero-order chi connectivity index (χ0) is 24.5. The number of hydrogen-bond donors (Lipinski definition) is 2. The number of carbonyl (C=O) groups is 2. The van der Waals surface area contributed by atoms with Crippen LogP contribution in [-0.4, -0.2) is 55.0 Å². The van der Waals surface area contributed by atoms with Crippen LogP contribution >= 0.6 is 0 Å². The van der Waals surface area contributed by atoms with Gasteiger partial charge in [0.05, 0.1) is 11.9 Å². The lowest BCUT2D eigenvalue weighted by atomic mass is 9.95. The van der Waals surface area contributed by atoms with Crippen molar-refractivity contribution in [2.45, 2.75) is 43.3 Å². The topological polar surface area (TPSA) is 77.6 Å². The smallest absolute Gasteiger partial charge is 0.326 e. The quantitative estimate of drug-likeness (QED) is 0.662. The number of amides is 3. The van der Waals surface area contributed by atoms with Crippen molar-refractivity contribution in [2.24, 2.45) is 0 Å². The van der Waals surface area contributed by atoms with Crippen LogP contribution in [0, 0.1) is 0 Å². The lowest BCUT2D eigenvalue weighted by molar-refractivity contribution is -0.141. The number of alkyl halides is 3. The molecule has 1 aliphatic heterocycles. The van der Waals surface area contributed by atoms with E-state index in [1.165, 1.54) is 5.56 Å². The minimum atomic E-state index is -4.55. The predicted molar refractivity (Wildman–Crippen MR) is 123 cm³/mol. The van der Waals surface area contributed by atoms with Gasteiger partial charge in [-0.05, 0) is 69.6 Å². The van der Waals surface area contributed by atoms with E-state index in [9.17, 15) is 22.8 Å². The molecule has 182 valence electrons. The summed E-state index contributed by atoms with van der Waals surface area (Å²) in [6.45, 7) is 1.55. The van der Waals surface area contributed by atoms with Gasteiger partial charge in [0.25, 0.3) is 0 Å². The number of aromatic nitrogens is 1. The van der Waals surface area contributed by atoms with Gasteiger partial charge in [-0.25, -0.2) is 9.78 Å². The Kier molecular flexibility index (Phi) is 6.53. The number of nitrogens with one attached hydrogen (secondary N) is 2. The van der Waals surface area contributed by atoms with Crippen molar-refractivity contribution in [3.8, 4) is 0 Å². The molecule has 2 aliphatic rings. The third-order valence-electron chi connectivity index (χ3n) is 6.32. The molecule has 0 bridgehead atoms.